The number of halogens is 1. The largest absolute Gasteiger partial charge is 0.419 e. The SMILES string of the molecule is C[NH+](C)CCNc1oc(-c2ccccc2Cl)nc1C#N. The molecule has 0 saturated heterocycles. The maximum atomic E-state index is 9.11. The van der Waals surface area contributed by atoms with Crippen molar-refractivity contribution >= 4 is 17.5 Å². The molecule has 1 aromatic heterocycles. The molecule has 0 spiro atoms. The van der Waals surface area contributed by atoms with Crippen molar-refractivity contribution in [1.29, 1.82) is 5.26 Å². The molecular formula is C14H16ClN4O+. The van der Waals surface area contributed by atoms with Crippen LogP contribution in [-0.4, -0.2) is 32.2 Å². The number of likely N-dealkylation sites (N-methyl/N-ethyl adjacent to an activating group) is 1. The van der Waals surface area contributed by atoms with Crippen LogP contribution in [0.25, 0.3) is 11.5 Å². The molecule has 0 aliphatic carbocycles. The first kappa shape index (κ1) is 14.4. The van der Waals surface area contributed by atoms with E-state index in [4.69, 9.17) is 21.3 Å². The van der Waals surface area contributed by atoms with Gasteiger partial charge < -0.3 is 14.6 Å². The van der Waals surface area contributed by atoms with Gasteiger partial charge in [0.1, 0.15) is 6.07 Å². The Hall–Kier alpha value is -2.03. The van der Waals surface area contributed by atoms with Crippen LogP contribution in [0.3, 0.4) is 0 Å². The van der Waals surface area contributed by atoms with E-state index < -0.39 is 0 Å². The molecule has 0 radical (unpaired) electrons. The second-order valence-electron chi connectivity index (χ2n) is 4.67. The van der Waals surface area contributed by atoms with Crippen LogP contribution in [0.15, 0.2) is 28.7 Å². The van der Waals surface area contributed by atoms with Crippen molar-refractivity contribution in [2.45, 2.75) is 0 Å². The molecule has 1 heterocycles. The van der Waals surface area contributed by atoms with Gasteiger partial charge in [-0.05, 0) is 12.1 Å². The van der Waals surface area contributed by atoms with Crippen molar-refractivity contribution in [3.8, 4) is 17.5 Å². The lowest BCUT2D eigenvalue weighted by Gasteiger charge is -2.07. The van der Waals surface area contributed by atoms with Gasteiger partial charge in [-0.3, -0.25) is 0 Å². The summed E-state index contributed by atoms with van der Waals surface area (Å²) in [6, 6.07) is 9.27. The third-order valence-corrected chi connectivity index (χ3v) is 3.08. The summed E-state index contributed by atoms with van der Waals surface area (Å²) in [5, 5.41) is 12.7. The number of rotatable bonds is 5. The van der Waals surface area contributed by atoms with Crippen molar-refractivity contribution in [2.24, 2.45) is 0 Å². The van der Waals surface area contributed by atoms with Gasteiger partial charge in [0.05, 0.1) is 37.8 Å². The van der Waals surface area contributed by atoms with Gasteiger partial charge in [0, 0.05) is 0 Å². The minimum absolute atomic E-state index is 0.244. The number of quaternary nitrogens is 1. The Morgan fingerprint density at radius 1 is 1.40 bits per heavy atom. The molecule has 6 heteroatoms. The minimum atomic E-state index is 0.244. The fourth-order valence-electron chi connectivity index (χ4n) is 1.69. The van der Waals surface area contributed by atoms with E-state index in [-0.39, 0.29) is 5.69 Å². The van der Waals surface area contributed by atoms with E-state index in [1.807, 2.05) is 24.3 Å². The van der Waals surface area contributed by atoms with Gasteiger partial charge in [-0.2, -0.15) is 10.2 Å². The fraction of sp³-hybridized carbons (Fsp3) is 0.286. The van der Waals surface area contributed by atoms with Crippen LogP contribution in [0.5, 0.6) is 0 Å². The third kappa shape index (κ3) is 3.29. The fourth-order valence-corrected chi connectivity index (χ4v) is 1.91. The molecule has 5 nitrogen and oxygen atoms in total. The summed E-state index contributed by atoms with van der Waals surface area (Å²) < 4.78 is 5.62. The van der Waals surface area contributed by atoms with Crippen molar-refractivity contribution in [3.63, 3.8) is 0 Å². The number of nitrogens with one attached hydrogen (secondary N) is 2. The standard InChI is InChI=1S/C14H15ClN4O/c1-19(2)8-7-17-14-12(9-16)18-13(20-14)10-5-3-4-6-11(10)15/h3-6,17H,7-8H2,1-2H3/p+1. The molecule has 2 aromatic rings. The molecule has 2 N–H and O–H groups in total. The predicted octanol–water partition coefficient (Wildman–Crippen LogP) is 1.42. The average Bonchev–Trinajstić information content (AvgIpc) is 2.82. The molecule has 0 saturated carbocycles. The monoisotopic (exact) mass is 291 g/mol. The molecule has 0 fully saturated rings. The highest BCUT2D eigenvalue weighted by Crippen LogP contribution is 2.30. The number of anilines is 1. The van der Waals surface area contributed by atoms with E-state index >= 15 is 0 Å². The van der Waals surface area contributed by atoms with E-state index in [2.05, 4.69) is 24.4 Å². The van der Waals surface area contributed by atoms with E-state index in [0.717, 1.165) is 6.54 Å². The molecule has 20 heavy (non-hydrogen) atoms. The van der Waals surface area contributed by atoms with Crippen LogP contribution in [-0.2, 0) is 0 Å². The summed E-state index contributed by atoms with van der Waals surface area (Å²) in [5.74, 6) is 0.746. The third-order valence-electron chi connectivity index (χ3n) is 2.75. The van der Waals surface area contributed by atoms with Gasteiger partial charge in [0.2, 0.25) is 17.5 Å². The van der Waals surface area contributed by atoms with E-state index in [1.165, 1.54) is 4.90 Å². The Bertz CT molecular complexity index is 630. The Morgan fingerprint density at radius 3 is 2.80 bits per heavy atom. The van der Waals surface area contributed by atoms with Gasteiger partial charge in [-0.15, -0.1) is 0 Å². The quantitative estimate of drug-likeness (QED) is 0.874. The van der Waals surface area contributed by atoms with Crippen LogP contribution < -0.4 is 10.2 Å². The lowest BCUT2D eigenvalue weighted by Crippen LogP contribution is -3.06. The molecule has 2 rings (SSSR count). The van der Waals surface area contributed by atoms with Crippen LogP contribution >= 0.6 is 11.6 Å². The summed E-state index contributed by atoms with van der Waals surface area (Å²) in [5.41, 5.74) is 0.922. The summed E-state index contributed by atoms with van der Waals surface area (Å²) in [7, 11) is 4.12. The summed E-state index contributed by atoms with van der Waals surface area (Å²) in [4.78, 5) is 5.48. The summed E-state index contributed by atoms with van der Waals surface area (Å²) in [6.45, 7) is 1.61. The minimum Gasteiger partial charge on any atom is -0.419 e. The molecule has 0 atom stereocenters. The normalized spacial score (nSPS) is 10.6. The summed E-state index contributed by atoms with van der Waals surface area (Å²) >= 11 is 6.10. The maximum Gasteiger partial charge on any atom is 0.232 e. The number of hydrogen-bond donors (Lipinski definition) is 2. The summed E-state index contributed by atoms with van der Waals surface area (Å²) in [6.07, 6.45) is 0. The van der Waals surface area contributed by atoms with Gasteiger partial charge >= 0.3 is 0 Å². The van der Waals surface area contributed by atoms with Gasteiger partial charge in [0.25, 0.3) is 0 Å². The Morgan fingerprint density at radius 2 is 2.15 bits per heavy atom. The molecule has 0 aliphatic heterocycles. The molecule has 0 aliphatic rings. The second kappa shape index (κ2) is 6.42. The van der Waals surface area contributed by atoms with Gasteiger partial charge in [0.15, 0.2) is 0 Å². The average molecular weight is 292 g/mol. The number of nitrogens with zero attached hydrogens (tertiary/aromatic N) is 2. The van der Waals surface area contributed by atoms with Gasteiger partial charge in [-0.25, -0.2) is 0 Å². The van der Waals surface area contributed by atoms with Crippen LogP contribution in [0, 0.1) is 11.3 Å². The lowest BCUT2D eigenvalue weighted by atomic mass is 10.2. The first-order valence-corrected chi connectivity index (χ1v) is 6.68. The molecular weight excluding hydrogens is 276 g/mol. The van der Waals surface area contributed by atoms with Crippen molar-refractivity contribution in [3.05, 3.63) is 35.0 Å². The topological polar surface area (TPSA) is 66.3 Å². The molecule has 104 valence electrons. The highest BCUT2D eigenvalue weighted by molar-refractivity contribution is 6.33. The second-order valence-corrected chi connectivity index (χ2v) is 5.08. The van der Waals surface area contributed by atoms with Crippen LogP contribution in [0.4, 0.5) is 5.88 Å². The van der Waals surface area contributed by atoms with E-state index in [0.29, 0.717) is 28.9 Å². The first-order chi connectivity index (χ1) is 9.61. The molecule has 0 unspecified atom stereocenters. The lowest BCUT2D eigenvalue weighted by molar-refractivity contribution is -0.856. The predicted molar refractivity (Wildman–Crippen MR) is 77.8 cm³/mol. The van der Waals surface area contributed by atoms with Crippen LogP contribution in [0.1, 0.15) is 5.69 Å². The first-order valence-electron chi connectivity index (χ1n) is 6.30. The Kier molecular flexibility index (Phi) is 4.61. The zero-order chi connectivity index (χ0) is 14.5. The van der Waals surface area contributed by atoms with Crippen molar-refractivity contribution in [2.75, 3.05) is 32.5 Å². The number of oxazole rings is 1. The zero-order valence-corrected chi connectivity index (χ0v) is 12.2. The Balaban J connectivity index is 2.23. The number of nitriles is 1. The van der Waals surface area contributed by atoms with Crippen LogP contribution in [0.2, 0.25) is 5.02 Å². The van der Waals surface area contributed by atoms with E-state index in [9.17, 15) is 0 Å². The molecule has 0 bridgehead atoms. The maximum absolute atomic E-state index is 9.11. The Labute approximate surface area is 122 Å². The molecule has 0 amide bonds. The smallest absolute Gasteiger partial charge is 0.232 e. The highest BCUT2D eigenvalue weighted by atomic mass is 35.5. The number of aromatic nitrogens is 1. The number of hydrogen-bond acceptors (Lipinski definition) is 4. The zero-order valence-electron chi connectivity index (χ0n) is 11.4. The van der Waals surface area contributed by atoms with Gasteiger partial charge in [-0.1, -0.05) is 23.7 Å². The number of benzene rings is 1. The molecule has 1 aromatic carbocycles. The van der Waals surface area contributed by atoms with Crippen molar-refractivity contribution in [1.82, 2.24) is 4.98 Å². The van der Waals surface area contributed by atoms with E-state index in [1.54, 1.807) is 6.07 Å². The highest BCUT2D eigenvalue weighted by Gasteiger charge is 2.16. The van der Waals surface area contributed by atoms with Crippen molar-refractivity contribution < 1.29 is 9.32 Å².